The minimum atomic E-state index is 0.633. The summed E-state index contributed by atoms with van der Waals surface area (Å²) in [5.41, 5.74) is 8.09. The van der Waals surface area contributed by atoms with Crippen LogP contribution in [0, 0.1) is 0 Å². The van der Waals surface area contributed by atoms with Gasteiger partial charge in [0.1, 0.15) is 5.52 Å². The lowest BCUT2D eigenvalue weighted by Gasteiger charge is -2.26. The molecule has 0 atom stereocenters. The summed E-state index contributed by atoms with van der Waals surface area (Å²) in [7, 11) is 0. The van der Waals surface area contributed by atoms with E-state index in [0.29, 0.717) is 5.89 Å². The maximum Gasteiger partial charge on any atom is 0.227 e. The van der Waals surface area contributed by atoms with Crippen LogP contribution in [0.15, 0.2) is 162 Å². The molecule has 9 aromatic rings. The van der Waals surface area contributed by atoms with Crippen molar-refractivity contribution in [1.82, 2.24) is 4.98 Å². The zero-order valence-corrected chi connectivity index (χ0v) is 25.0. The fourth-order valence-electron chi connectivity index (χ4n) is 6.29. The van der Waals surface area contributed by atoms with Crippen LogP contribution in [0.5, 0.6) is 0 Å². The van der Waals surface area contributed by atoms with Crippen molar-refractivity contribution < 1.29 is 4.42 Å². The Labute approximate surface area is 264 Å². The molecule has 212 valence electrons. The molecule has 0 saturated carbocycles. The summed E-state index contributed by atoms with van der Waals surface area (Å²) < 4.78 is 8.77. The topological polar surface area (TPSA) is 29.3 Å². The van der Waals surface area contributed by atoms with Crippen molar-refractivity contribution in [3.8, 4) is 22.6 Å². The summed E-state index contributed by atoms with van der Waals surface area (Å²) in [6, 6.07) is 55.7. The van der Waals surface area contributed by atoms with Crippen LogP contribution >= 0.6 is 11.3 Å². The van der Waals surface area contributed by atoms with E-state index in [1.807, 2.05) is 53.8 Å². The summed E-state index contributed by atoms with van der Waals surface area (Å²) in [6.07, 6.45) is 0. The van der Waals surface area contributed by atoms with Crippen LogP contribution in [0.25, 0.3) is 64.6 Å². The minimum absolute atomic E-state index is 0.633. The van der Waals surface area contributed by atoms with Crippen LogP contribution in [-0.4, -0.2) is 4.98 Å². The maximum atomic E-state index is 6.17. The Hall–Kier alpha value is -5.71. The smallest absolute Gasteiger partial charge is 0.227 e. The molecule has 2 aromatic heterocycles. The van der Waals surface area contributed by atoms with Crippen molar-refractivity contribution >= 4 is 70.4 Å². The summed E-state index contributed by atoms with van der Waals surface area (Å²) in [5.74, 6) is 0.633. The van der Waals surface area contributed by atoms with Gasteiger partial charge in [-0.3, -0.25) is 0 Å². The predicted molar refractivity (Wildman–Crippen MR) is 190 cm³/mol. The lowest BCUT2D eigenvalue weighted by molar-refractivity contribution is 0.620. The zero-order chi connectivity index (χ0) is 29.7. The highest BCUT2D eigenvalue weighted by molar-refractivity contribution is 7.25. The number of benzene rings is 7. The maximum absolute atomic E-state index is 6.17. The van der Waals surface area contributed by atoms with Crippen molar-refractivity contribution in [1.29, 1.82) is 0 Å². The van der Waals surface area contributed by atoms with Crippen molar-refractivity contribution in [3.05, 3.63) is 158 Å². The van der Waals surface area contributed by atoms with Crippen molar-refractivity contribution in [2.24, 2.45) is 0 Å². The lowest BCUT2D eigenvalue weighted by Crippen LogP contribution is -2.09. The fraction of sp³-hybridized carbons (Fsp3) is 0. The summed E-state index contributed by atoms with van der Waals surface area (Å²) in [6.45, 7) is 0. The molecule has 0 aliphatic rings. The van der Waals surface area contributed by atoms with Crippen LogP contribution in [-0.2, 0) is 0 Å². The van der Waals surface area contributed by atoms with Gasteiger partial charge in [-0.2, -0.15) is 0 Å². The number of rotatable bonds is 5. The highest BCUT2D eigenvalue weighted by atomic mass is 32.1. The van der Waals surface area contributed by atoms with Gasteiger partial charge in [0.15, 0.2) is 5.58 Å². The number of anilines is 3. The monoisotopic (exact) mass is 594 g/mol. The highest BCUT2D eigenvalue weighted by Crippen LogP contribution is 2.42. The summed E-state index contributed by atoms with van der Waals surface area (Å²) in [5, 5.41) is 5.02. The minimum Gasteiger partial charge on any atom is -0.436 e. The van der Waals surface area contributed by atoms with Gasteiger partial charge >= 0.3 is 0 Å². The average Bonchev–Trinajstić information content (AvgIpc) is 3.71. The number of nitrogens with zero attached hydrogens (tertiary/aromatic N) is 2. The average molecular weight is 595 g/mol. The first kappa shape index (κ1) is 25.8. The van der Waals surface area contributed by atoms with E-state index >= 15 is 0 Å². The Morgan fingerprint density at radius 2 is 1.20 bits per heavy atom. The molecule has 4 heteroatoms. The van der Waals surface area contributed by atoms with Crippen LogP contribution in [0.3, 0.4) is 0 Å². The van der Waals surface area contributed by atoms with Crippen molar-refractivity contribution in [3.63, 3.8) is 0 Å². The van der Waals surface area contributed by atoms with Gasteiger partial charge in [-0.15, -0.1) is 11.3 Å². The SMILES string of the molecule is c1ccc(-c2nc3c(-c4ccc(N(c5ccc6ccccc6c5)c5ccc6sc7ccccc7c6c5)cc4)cccc3o2)cc1. The molecule has 45 heavy (non-hydrogen) atoms. The van der Waals surface area contributed by atoms with Gasteiger partial charge in [-0.25, -0.2) is 4.98 Å². The van der Waals surface area contributed by atoms with Gasteiger partial charge in [0.25, 0.3) is 0 Å². The Morgan fingerprint density at radius 1 is 0.489 bits per heavy atom. The molecule has 0 bridgehead atoms. The van der Waals surface area contributed by atoms with Crippen LogP contribution < -0.4 is 4.90 Å². The molecule has 3 nitrogen and oxygen atoms in total. The number of hydrogen-bond acceptors (Lipinski definition) is 4. The van der Waals surface area contributed by atoms with Crippen molar-refractivity contribution in [2.45, 2.75) is 0 Å². The molecule has 0 amide bonds. The number of hydrogen-bond donors (Lipinski definition) is 0. The molecule has 0 aliphatic heterocycles. The molecule has 0 radical (unpaired) electrons. The third kappa shape index (κ3) is 4.46. The summed E-state index contributed by atoms with van der Waals surface area (Å²) >= 11 is 1.84. The van der Waals surface area contributed by atoms with Gasteiger partial charge in [-0.1, -0.05) is 91.0 Å². The predicted octanol–water partition coefficient (Wildman–Crippen LogP) is 12.2. The first-order chi connectivity index (χ1) is 22.3. The van der Waals surface area contributed by atoms with E-state index in [2.05, 4.69) is 120 Å². The third-order valence-electron chi connectivity index (χ3n) is 8.49. The second-order valence-electron chi connectivity index (χ2n) is 11.2. The Kier molecular flexibility index (Phi) is 6.00. The molecule has 0 N–H and O–H groups in total. The quantitative estimate of drug-likeness (QED) is 0.198. The Morgan fingerprint density at radius 3 is 2.09 bits per heavy atom. The normalized spacial score (nSPS) is 11.6. The highest BCUT2D eigenvalue weighted by Gasteiger charge is 2.17. The van der Waals surface area contributed by atoms with Gasteiger partial charge in [0.2, 0.25) is 5.89 Å². The molecular formula is C41H26N2OS. The number of thiophene rings is 1. The van der Waals surface area contributed by atoms with Crippen molar-refractivity contribution in [2.75, 3.05) is 4.90 Å². The molecule has 0 unspecified atom stereocenters. The number of aromatic nitrogens is 1. The molecule has 0 saturated heterocycles. The van der Waals surface area contributed by atoms with Crippen LogP contribution in [0.2, 0.25) is 0 Å². The van der Waals surface area contributed by atoms with Gasteiger partial charge < -0.3 is 9.32 Å². The Bertz CT molecular complexity index is 2490. The number of oxazole rings is 1. The molecule has 0 spiro atoms. The molecular weight excluding hydrogens is 569 g/mol. The number of para-hydroxylation sites is 1. The number of fused-ring (bicyclic) bond motifs is 5. The molecule has 2 heterocycles. The molecule has 0 fully saturated rings. The van der Waals surface area contributed by atoms with E-state index in [-0.39, 0.29) is 0 Å². The third-order valence-corrected chi connectivity index (χ3v) is 9.64. The van der Waals surface area contributed by atoms with E-state index in [9.17, 15) is 0 Å². The Balaban J connectivity index is 1.17. The van der Waals surface area contributed by atoms with E-state index in [1.54, 1.807) is 0 Å². The first-order valence-corrected chi connectivity index (χ1v) is 15.9. The summed E-state index contributed by atoms with van der Waals surface area (Å²) in [4.78, 5) is 7.27. The van der Waals surface area contributed by atoms with Gasteiger partial charge in [0, 0.05) is 48.4 Å². The second kappa shape index (κ2) is 10.5. The van der Waals surface area contributed by atoms with Crippen LogP contribution in [0.1, 0.15) is 0 Å². The molecule has 0 aliphatic carbocycles. The second-order valence-corrected chi connectivity index (χ2v) is 12.3. The van der Waals surface area contributed by atoms with E-state index in [0.717, 1.165) is 44.9 Å². The zero-order valence-electron chi connectivity index (χ0n) is 24.2. The van der Waals surface area contributed by atoms with Gasteiger partial charge in [0.05, 0.1) is 0 Å². The standard InChI is InChI=1S/C41H26N2OS/c1-2-10-29(11-3-1)41-42-40-34(14-8-15-37(40)44-41)28-18-20-31(21-19-28)43(32-22-17-27-9-4-5-12-30(27)25-32)33-23-24-39-36(26-33)35-13-6-7-16-38(35)45-39/h1-26H. The van der Waals surface area contributed by atoms with Gasteiger partial charge in [-0.05, 0) is 83.1 Å². The fourth-order valence-corrected chi connectivity index (χ4v) is 7.38. The first-order valence-electron chi connectivity index (χ1n) is 15.0. The lowest BCUT2D eigenvalue weighted by atomic mass is 10.0. The van der Waals surface area contributed by atoms with E-state index in [1.165, 1.54) is 30.9 Å². The largest absolute Gasteiger partial charge is 0.436 e. The van der Waals surface area contributed by atoms with E-state index in [4.69, 9.17) is 9.40 Å². The molecule has 7 aromatic carbocycles. The van der Waals surface area contributed by atoms with E-state index < -0.39 is 0 Å². The molecule has 9 rings (SSSR count). The van der Waals surface area contributed by atoms with Crippen LogP contribution in [0.4, 0.5) is 17.1 Å².